The Morgan fingerprint density at radius 2 is 2.00 bits per heavy atom. The normalized spacial score (nSPS) is 12.7. The number of rotatable bonds is 6. The first-order chi connectivity index (χ1) is 8.40. The fourth-order valence-electron chi connectivity index (χ4n) is 1.84. The highest BCUT2D eigenvalue weighted by atomic mass is 16.5. The van der Waals surface area contributed by atoms with Gasteiger partial charge in [-0.05, 0) is 31.4 Å². The molecular weight excluding hydrogens is 228 g/mol. The lowest BCUT2D eigenvalue weighted by Crippen LogP contribution is -2.13. The lowest BCUT2D eigenvalue weighted by atomic mass is 10.1. The van der Waals surface area contributed by atoms with Crippen LogP contribution in [0.1, 0.15) is 43.1 Å². The minimum atomic E-state index is -0.470. The first-order valence-electron chi connectivity index (χ1n) is 6.20. The molecule has 18 heavy (non-hydrogen) atoms. The van der Waals surface area contributed by atoms with Crippen LogP contribution in [0.3, 0.4) is 0 Å². The van der Waals surface area contributed by atoms with Gasteiger partial charge in [-0.2, -0.15) is 0 Å². The second-order valence-corrected chi connectivity index (χ2v) is 5.03. The van der Waals surface area contributed by atoms with E-state index in [2.05, 4.69) is 13.8 Å². The molecule has 100 valence electrons. The van der Waals surface area contributed by atoms with Crippen LogP contribution in [0.15, 0.2) is 18.2 Å². The van der Waals surface area contributed by atoms with Crippen LogP contribution >= 0.6 is 0 Å². The average molecular weight is 250 g/mol. The quantitative estimate of drug-likeness (QED) is 0.760. The first-order valence-corrected chi connectivity index (χ1v) is 6.20. The molecule has 0 fully saturated rings. The van der Waals surface area contributed by atoms with Crippen molar-refractivity contribution < 1.29 is 9.53 Å². The molecule has 0 bridgehead atoms. The number of hydrogen-bond donors (Lipinski definition) is 2. The van der Waals surface area contributed by atoms with Crippen LogP contribution in [0.25, 0.3) is 0 Å². The van der Waals surface area contributed by atoms with E-state index >= 15 is 0 Å². The fraction of sp³-hybridized carbons (Fsp3) is 0.500. The predicted molar refractivity (Wildman–Crippen MR) is 73.1 cm³/mol. The van der Waals surface area contributed by atoms with Crippen molar-refractivity contribution >= 4 is 11.6 Å². The molecule has 0 aliphatic rings. The van der Waals surface area contributed by atoms with Crippen LogP contribution in [-0.2, 0) is 11.3 Å². The molecule has 0 aliphatic heterocycles. The van der Waals surface area contributed by atoms with Crippen molar-refractivity contribution in [2.24, 2.45) is 11.7 Å². The summed E-state index contributed by atoms with van der Waals surface area (Å²) in [6.07, 6.45) is 1.21. The van der Waals surface area contributed by atoms with Crippen molar-refractivity contribution in [3.63, 3.8) is 0 Å². The van der Waals surface area contributed by atoms with Gasteiger partial charge in [0.2, 0.25) is 5.91 Å². The number of benzene rings is 1. The van der Waals surface area contributed by atoms with Gasteiger partial charge in [0.05, 0.1) is 12.7 Å². The van der Waals surface area contributed by atoms with E-state index in [0.29, 0.717) is 23.8 Å². The number of nitrogen functional groups attached to an aromatic ring is 1. The second-order valence-electron chi connectivity index (χ2n) is 5.03. The summed E-state index contributed by atoms with van der Waals surface area (Å²) >= 11 is 0. The Kier molecular flexibility index (Phi) is 5.16. The van der Waals surface area contributed by atoms with E-state index in [1.165, 1.54) is 0 Å². The van der Waals surface area contributed by atoms with Gasteiger partial charge in [0.1, 0.15) is 0 Å². The summed E-state index contributed by atoms with van der Waals surface area (Å²) in [7, 11) is 0. The van der Waals surface area contributed by atoms with Gasteiger partial charge in [-0.3, -0.25) is 4.79 Å². The number of carbonyl (C=O) groups is 1. The van der Waals surface area contributed by atoms with Crippen molar-refractivity contribution in [3.8, 4) is 0 Å². The summed E-state index contributed by atoms with van der Waals surface area (Å²) in [5.74, 6) is 0.136. The largest absolute Gasteiger partial charge is 0.398 e. The fourth-order valence-corrected chi connectivity index (χ4v) is 1.84. The van der Waals surface area contributed by atoms with Crippen molar-refractivity contribution in [1.82, 2.24) is 0 Å². The van der Waals surface area contributed by atoms with Gasteiger partial charge in [0.15, 0.2) is 0 Å². The maximum atomic E-state index is 11.0. The minimum Gasteiger partial charge on any atom is -0.398 e. The molecule has 0 spiro atoms. The molecule has 0 aromatic heterocycles. The molecule has 4 nitrogen and oxygen atoms in total. The van der Waals surface area contributed by atoms with Gasteiger partial charge in [0, 0.05) is 16.8 Å². The summed E-state index contributed by atoms with van der Waals surface area (Å²) < 4.78 is 5.72. The Morgan fingerprint density at radius 1 is 1.33 bits per heavy atom. The summed E-state index contributed by atoms with van der Waals surface area (Å²) in [5.41, 5.74) is 12.9. The first kappa shape index (κ1) is 14.5. The van der Waals surface area contributed by atoms with Crippen LogP contribution in [-0.4, -0.2) is 12.0 Å². The smallest absolute Gasteiger partial charge is 0.248 e. The third-order valence-electron chi connectivity index (χ3n) is 2.76. The van der Waals surface area contributed by atoms with Gasteiger partial charge in [-0.25, -0.2) is 0 Å². The number of amides is 1. The van der Waals surface area contributed by atoms with E-state index in [4.69, 9.17) is 16.2 Å². The van der Waals surface area contributed by atoms with Crippen molar-refractivity contribution in [2.45, 2.75) is 39.9 Å². The molecule has 1 amide bonds. The standard InChI is InChI=1S/C14H22N2O2/c1-9(2)6-10(3)18-8-12-5-4-11(14(16)17)7-13(12)15/h4-5,7,9-10H,6,8,15H2,1-3H3,(H2,16,17). The molecular formula is C14H22N2O2. The third-order valence-corrected chi connectivity index (χ3v) is 2.76. The summed E-state index contributed by atoms with van der Waals surface area (Å²) in [6, 6.07) is 5.05. The molecule has 1 aromatic carbocycles. The Balaban J connectivity index is 2.60. The number of ether oxygens (including phenoxy) is 1. The molecule has 1 rings (SSSR count). The highest BCUT2D eigenvalue weighted by molar-refractivity contribution is 5.93. The molecule has 1 aromatic rings. The monoisotopic (exact) mass is 250 g/mol. The predicted octanol–water partition coefficient (Wildman–Crippen LogP) is 2.32. The van der Waals surface area contributed by atoms with E-state index in [1.54, 1.807) is 18.2 Å². The maximum Gasteiger partial charge on any atom is 0.248 e. The zero-order valence-electron chi connectivity index (χ0n) is 11.3. The van der Waals surface area contributed by atoms with Crippen LogP contribution in [0, 0.1) is 5.92 Å². The topological polar surface area (TPSA) is 78.3 Å². The Labute approximate surface area is 108 Å². The SMILES string of the molecule is CC(C)CC(C)OCc1ccc(C(N)=O)cc1N. The minimum absolute atomic E-state index is 0.195. The Hall–Kier alpha value is -1.55. The molecule has 1 unspecified atom stereocenters. The lowest BCUT2D eigenvalue weighted by molar-refractivity contribution is 0.0400. The molecule has 0 radical (unpaired) electrons. The average Bonchev–Trinajstić information content (AvgIpc) is 2.26. The van der Waals surface area contributed by atoms with E-state index in [0.717, 1.165) is 12.0 Å². The van der Waals surface area contributed by atoms with Crippen LogP contribution in [0.4, 0.5) is 5.69 Å². The number of anilines is 1. The van der Waals surface area contributed by atoms with E-state index in [9.17, 15) is 4.79 Å². The van der Waals surface area contributed by atoms with Crippen molar-refractivity contribution in [3.05, 3.63) is 29.3 Å². The molecule has 0 saturated heterocycles. The van der Waals surface area contributed by atoms with Gasteiger partial charge in [-0.15, -0.1) is 0 Å². The number of carbonyl (C=O) groups excluding carboxylic acids is 1. The molecule has 1 atom stereocenters. The zero-order chi connectivity index (χ0) is 13.7. The summed E-state index contributed by atoms with van der Waals surface area (Å²) in [4.78, 5) is 11.0. The van der Waals surface area contributed by atoms with Crippen LogP contribution in [0.5, 0.6) is 0 Å². The Bertz CT molecular complexity index is 416. The molecule has 4 heteroatoms. The molecule has 0 aliphatic carbocycles. The van der Waals surface area contributed by atoms with E-state index in [-0.39, 0.29) is 6.10 Å². The summed E-state index contributed by atoms with van der Waals surface area (Å²) in [6.45, 7) is 6.83. The zero-order valence-corrected chi connectivity index (χ0v) is 11.3. The van der Waals surface area contributed by atoms with Crippen LogP contribution in [0.2, 0.25) is 0 Å². The van der Waals surface area contributed by atoms with Gasteiger partial charge >= 0.3 is 0 Å². The highest BCUT2D eigenvalue weighted by Crippen LogP contribution is 2.17. The lowest BCUT2D eigenvalue weighted by Gasteiger charge is -2.16. The van der Waals surface area contributed by atoms with E-state index < -0.39 is 5.91 Å². The maximum absolute atomic E-state index is 11.0. The molecule has 0 saturated carbocycles. The summed E-state index contributed by atoms with van der Waals surface area (Å²) in [5, 5.41) is 0. The van der Waals surface area contributed by atoms with Gasteiger partial charge < -0.3 is 16.2 Å². The van der Waals surface area contributed by atoms with E-state index in [1.807, 2.05) is 6.92 Å². The number of nitrogens with two attached hydrogens (primary N) is 2. The van der Waals surface area contributed by atoms with Crippen molar-refractivity contribution in [1.29, 1.82) is 0 Å². The van der Waals surface area contributed by atoms with Crippen LogP contribution < -0.4 is 11.5 Å². The van der Waals surface area contributed by atoms with Crippen molar-refractivity contribution in [2.75, 3.05) is 5.73 Å². The molecule has 4 N–H and O–H groups in total. The highest BCUT2D eigenvalue weighted by Gasteiger charge is 2.08. The number of primary amides is 1. The second kappa shape index (κ2) is 6.40. The molecule has 0 heterocycles. The third kappa shape index (κ3) is 4.37. The van der Waals surface area contributed by atoms with Gasteiger partial charge in [-0.1, -0.05) is 19.9 Å². The number of hydrogen-bond acceptors (Lipinski definition) is 3. The van der Waals surface area contributed by atoms with Gasteiger partial charge in [0.25, 0.3) is 0 Å². The Morgan fingerprint density at radius 3 is 2.50 bits per heavy atom.